The van der Waals surface area contributed by atoms with E-state index in [9.17, 15) is 4.79 Å². The second-order valence-corrected chi connectivity index (χ2v) is 7.22. The van der Waals surface area contributed by atoms with Gasteiger partial charge in [-0.15, -0.1) is 0 Å². The molecule has 7 heteroatoms. The van der Waals surface area contributed by atoms with E-state index in [0.29, 0.717) is 23.9 Å². The Kier molecular flexibility index (Phi) is 6.59. The minimum absolute atomic E-state index is 0.0241. The summed E-state index contributed by atoms with van der Waals surface area (Å²) >= 11 is 1.35. The van der Waals surface area contributed by atoms with Gasteiger partial charge >= 0.3 is 0 Å². The number of thioether (sulfide) groups is 1. The van der Waals surface area contributed by atoms with Gasteiger partial charge in [0, 0.05) is 43.3 Å². The number of benzene rings is 1. The summed E-state index contributed by atoms with van der Waals surface area (Å²) in [5.41, 5.74) is 3.05. The van der Waals surface area contributed by atoms with Crippen molar-refractivity contribution in [2.45, 2.75) is 32.0 Å². The maximum atomic E-state index is 12.1. The number of hydrogen-bond acceptors (Lipinski definition) is 5. The van der Waals surface area contributed by atoms with Crippen molar-refractivity contribution in [1.82, 2.24) is 24.8 Å². The number of amides is 1. The number of carbonyl (C=O) groups excluding carboxylic acids is 1. The molecule has 0 saturated carbocycles. The molecule has 0 saturated heterocycles. The van der Waals surface area contributed by atoms with E-state index in [1.807, 2.05) is 44.3 Å². The van der Waals surface area contributed by atoms with Gasteiger partial charge in [-0.2, -0.15) is 0 Å². The second kappa shape index (κ2) is 9.32. The zero-order valence-electron chi connectivity index (χ0n) is 15.6. The lowest BCUT2D eigenvalue weighted by molar-refractivity contribution is -0.118. The quantitative estimate of drug-likeness (QED) is 0.480. The zero-order chi connectivity index (χ0) is 19.1. The number of carbonyl (C=O) groups is 1. The SMILES string of the molecule is Cc1cc(C)nc(SCC(=O)NCCc2nccn2Cc2ccccc2)n1. The van der Waals surface area contributed by atoms with Crippen LogP contribution in [0.25, 0.3) is 0 Å². The molecule has 0 aliphatic carbocycles. The van der Waals surface area contributed by atoms with E-state index < -0.39 is 0 Å². The van der Waals surface area contributed by atoms with Gasteiger partial charge in [0.1, 0.15) is 5.82 Å². The summed E-state index contributed by atoms with van der Waals surface area (Å²) < 4.78 is 2.11. The lowest BCUT2D eigenvalue weighted by Gasteiger charge is -2.09. The molecule has 0 aliphatic rings. The van der Waals surface area contributed by atoms with Crippen LogP contribution in [0, 0.1) is 13.8 Å². The Morgan fingerprint density at radius 2 is 1.89 bits per heavy atom. The van der Waals surface area contributed by atoms with Gasteiger partial charge in [-0.25, -0.2) is 15.0 Å². The van der Waals surface area contributed by atoms with Crippen molar-refractivity contribution in [3.8, 4) is 0 Å². The standard InChI is InChI=1S/C20H23N5OS/c1-15-12-16(2)24-20(23-15)27-14-19(26)22-9-8-18-21-10-11-25(18)13-17-6-4-3-5-7-17/h3-7,10-12H,8-9,13-14H2,1-2H3,(H,22,26). The third-order valence-electron chi connectivity index (χ3n) is 3.96. The molecule has 2 heterocycles. The first-order valence-corrected chi connectivity index (χ1v) is 9.84. The van der Waals surface area contributed by atoms with E-state index in [1.54, 1.807) is 6.20 Å². The van der Waals surface area contributed by atoms with Crippen LogP contribution in [0.2, 0.25) is 0 Å². The summed E-state index contributed by atoms with van der Waals surface area (Å²) in [7, 11) is 0. The monoisotopic (exact) mass is 381 g/mol. The zero-order valence-corrected chi connectivity index (χ0v) is 16.4. The molecule has 2 aromatic heterocycles. The Bertz CT molecular complexity index is 874. The summed E-state index contributed by atoms with van der Waals surface area (Å²) in [6.07, 6.45) is 4.46. The van der Waals surface area contributed by atoms with E-state index in [1.165, 1.54) is 17.3 Å². The van der Waals surface area contributed by atoms with Crippen LogP contribution in [0.5, 0.6) is 0 Å². The Morgan fingerprint density at radius 1 is 1.15 bits per heavy atom. The van der Waals surface area contributed by atoms with E-state index in [-0.39, 0.29) is 5.91 Å². The van der Waals surface area contributed by atoms with Crippen LogP contribution in [0.4, 0.5) is 0 Å². The van der Waals surface area contributed by atoms with E-state index in [0.717, 1.165) is 23.8 Å². The minimum atomic E-state index is -0.0241. The normalized spacial score (nSPS) is 10.7. The Labute approximate surface area is 163 Å². The summed E-state index contributed by atoms with van der Waals surface area (Å²) in [4.78, 5) is 25.2. The largest absolute Gasteiger partial charge is 0.355 e. The predicted molar refractivity (Wildman–Crippen MR) is 107 cm³/mol. The molecule has 0 fully saturated rings. The lowest BCUT2D eigenvalue weighted by Crippen LogP contribution is -2.28. The Hall–Kier alpha value is -2.67. The molecule has 1 N–H and O–H groups in total. The van der Waals surface area contributed by atoms with Crippen molar-refractivity contribution < 1.29 is 4.79 Å². The average Bonchev–Trinajstić information content (AvgIpc) is 3.07. The maximum absolute atomic E-state index is 12.1. The number of aryl methyl sites for hydroxylation is 2. The molecule has 0 radical (unpaired) electrons. The first-order chi connectivity index (χ1) is 13.1. The van der Waals surface area contributed by atoms with Crippen LogP contribution < -0.4 is 5.32 Å². The lowest BCUT2D eigenvalue weighted by atomic mass is 10.2. The molecule has 6 nitrogen and oxygen atoms in total. The highest BCUT2D eigenvalue weighted by Gasteiger charge is 2.08. The van der Waals surface area contributed by atoms with Crippen LogP contribution in [0.1, 0.15) is 22.8 Å². The molecule has 0 bridgehead atoms. The fourth-order valence-electron chi connectivity index (χ4n) is 2.75. The highest BCUT2D eigenvalue weighted by Crippen LogP contribution is 2.13. The highest BCUT2D eigenvalue weighted by atomic mass is 32.2. The van der Waals surface area contributed by atoms with E-state index in [4.69, 9.17) is 0 Å². The van der Waals surface area contributed by atoms with Crippen LogP contribution in [-0.2, 0) is 17.8 Å². The van der Waals surface area contributed by atoms with Gasteiger partial charge in [0.25, 0.3) is 0 Å². The van der Waals surface area contributed by atoms with Gasteiger partial charge in [-0.1, -0.05) is 42.1 Å². The second-order valence-electron chi connectivity index (χ2n) is 6.28. The molecule has 1 aromatic carbocycles. The molecule has 3 aromatic rings. The third-order valence-corrected chi connectivity index (χ3v) is 4.81. The van der Waals surface area contributed by atoms with Gasteiger partial charge in [-0.05, 0) is 25.5 Å². The first-order valence-electron chi connectivity index (χ1n) is 8.86. The molecule has 0 spiro atoms. The topological polar surface area (TPSA) is 72.7 Å². The molecular weight excluding hydrogens is 358 g/mol. The number of imidazole rings is 1. The number of rotatable bonds is 8. The molecular formula is C20H23N5OS. The summed E-state index contributed by atoms with van der Waals surface area (Å²) in [5, 5.41) is 3.58. The summed E-state index contributed by atoms with van der Waals surface area (Å²) in [5.74, 6) is 1.25. The number of nitrogens with one attached hydrogen (secondary N) is 1. The summed E-state index contributed by atoms with van der Waals surface area (Å²) in [6, 6.07) is 12.2. The van der Waals surface area contributed by atoms with Crippen LogP contribution in [0.15, 0.2) is 53.9 Å². The van der Waals surface area contributed by atoms with Crippen molar-refractivity contribution in [1.29, 1.82) is 0 Å². The van der Waals surface area contributed by atoms with Gasteiger partial charge in [0.2, 0.25) is 5.91 Å². The number of hydrogen-bond donors (Lipinski definition) is 1. The molecule has 0 atom stereocenters. The summed E-state index contributed by atoms with van der Waals surface area (Å²) in [6.45, 7) is 5.19. The van der Waals surface area contributed by atoms with Crippen LogP contribution in [0.3, 0.4) is 0 Å². The number of nitrogens with zero attached hydrogens (tertiary/aromatic N) is 4. The molecule has 0 unspecified atom stereocenters. The van der Waals surface area contributed by atoms with Gasteiger partial charge in [0.15, 0.2) is 5.16 Å². The minimum Gasteiger partial charge on any atom is -0.355 e. The Morgan fingerprint density at radius 3 is 2.63 bits per heavy atom. The molecule has 3 rings (SSSR count). The average molecular weight is 382 g/mol. The van der Waals surface area contributed by atoms with Crippen molar-refractivity contribution >= 4 is 17.7 Å². The van der Waals surface area contributed by atoms with E-state index in [2.05, 4.69) is 37.0 Å². The maximum Gasteiger partial charge on any atom is 0.230 e. The number of aromatic nitrogens is 4. The predicted octanol–water partition coefficient (Wildman–Crippen LogP) is 2.79. The van der Waals surface area contributed by atoms with E-state index >= 15 is 0 Å². The molecule has 1 amide bonds. The smallest absolute Gasteiger partial charge is 0.230 e. The fraction of sp³-hybridized carbons (Fsp3) is 0.300. The molecule has 0 aliphatic heterocycles. The fourth-order valence-corrected chi connectivity index (χ4v) is 3.52. The van der Waals surface area contributed by atoms with Crippen LogP contribution >= 0.6 is 11.8 Å². The van der Waals surface area contributed by atoms with Crippen molar-refractivity contribution in [3.63, 3.8) is 0 Å². The Balaban J connectivity index is 1.44. The molecule has 27 heavy (non-hydrogen) atoms. The van der Waals surface area contributed by atoms with Crippen molar-refractivity contribution in [2.24, 2.45) is 0 Å². The first kappa shape index (κ1) is 19.1. The third kappa shape index (κ3) is 5.92. The van der Waals surface area contributed by atoms with Crippen molar-refractivity contribution in [3.05, 3.63) is 71.6 Å². The highest BCUT2D eigenvalue weighted by molar-refractivity contribution is 7.99. The van der Waals surface area contributed by atoms with Gasteiger partial charge in [-0.3, -0.25) is 4.79 Å². The molecule has 140 valence electrons. The van der Waals surface area contributed by atoms with Crippen LogP contribution in [-0.4, -0.2) is 37.7 Å². The van der Waals surface area contributed by atoms with Gasteiger partial charge in [0.05, 0.1) is 5.75 Å². The van der Waals surface area contributed by atoms with Crippen molar-refractivity contribution in [2.75, 3.05) is 12.3 Å². The van der Waals surface area contributed by atoms with Gasteiger partial charge < -0.3 is 9.88 Å².